The molecule has 1 unspecified atom stereocenters. The van der Waals surface area contributed by atoms with Crippen LogP contribution in [0.25, 0.3) is 0 Å². The molecule has 0 amide bonds. The average Bonchev–Trinajstić information content (AvgIpc) is 3.31. The van der Waals surface area contributed by atoms with Gasteiger partial charge in [0.15, 0.2) is 0 Å². The lowest BCUT2D eigenvalue weighted by Gasteiger charge is -2.51. The first-order valence-electron chi connectivity index (χ1n) is 12.5. The monoisotopic (exact) mass is 566 g/mol. The van der Waals surface area contributed by atoms with Crippen molar-refractivity contribution in [2.45, 2.75) is 74.8 Å². The van der Waals surface area contributed by atoms with Gasteiger partial charge in [0.2, 0.25) is 5.88 Å². The number of nitrogens with zero attached hydrogens (tertiary/aromatic N) is 2. The number of halogens is 3. The van der Waals surface area contributed by atoms with Crippen molar-refractivity contribution in [1.82, 2.24) is 9.78 Å². The minimum Gasteiger partial charge on any atom is -0.476 e. The molecule has 0 N–H and O–H groups in total. The summed E-state index contributed by atoms with van der Waals surface area (Å²) >= 11 is 0. The third-order valence-corrected chi connectivity index (χ3v) is 10.0. The number of hydrogen-bond acceptors (Lipinski definition) is 5. The van der Waals surface area contributed by atoms with Gasteiger partial charge in [-0.1, -0.05) is 46.7 Å². The Morgan fingerprint density at radius 3 is 1.77 bits per heavy atom. The van der Waals surface area contributed by atoms with Gasteiger partial charge in [0.1, 0.15) is 17.6 Å². The standard InChI is InChI=1S/C29H37F3N2O4S/c1-26(2,3)38-25(35)34-19-18-24(33-34)36-20-28(7,29(30,31)32)21-37-39(27(4,5)6,22-14-10-8-11-15-22)23-16-12-9-13-17-23/h8-19H,20-21H2,1-7H3. The van der Waals surface area contributed by atoms with E-state index in [1.807, 2.05) is 81.4 Å². The molecule has 39 heavy (non-hydrogen) atoms. The van der Waals surface area contributed by atoms with Crippen LogP contribution in [0.3, 0.4) is 0 Å². The summed E-state index contributed by atoms with van der Waals surface area (Å²) in [6.07, 6.45) is -4.13. The van der Waals surface area contributed by atoms with Crippen LogP contribution in [0.2, 0.25) is 0 Å². The second-order valence-electron chi connectivity index (χ2n) is 11.5. The highest BCUT2D eigenvalue weighted by Gasteiger charge is 2.54. The van der Waals surface area contributed by atoms with Crippen molar-refractivity contribution in [2.24, 2.45) is 5.41 Å². The van der Waals surface area contributed by atoms with Crippen molar-refractivity contribution >= 4 is 16.4 Å². The summed E-state index contributed by atoms with van der Waals surface area (Å²) in [5.74, 6) is -0.128. The molecular weight excluding hydrogens is 529 g/mol. The largest absolute Gasteiger partial charge is 0.476 e. The maximum Gasteiger partial charge on any atom is 0.435 e. The zero-order valence-electron chi connectivity index (χ0n) is 23.4. The lowest BCUT2D eigenvalue weighted by molar-refractivity contribution is -0.234. The number of hydrogen-bond donors (Lipinski definition) is 0. The maximum atomic E-state index is 14.6. The summed E-state index contributed by atoms with van der Waals surface area (Å²) < 4.78 is 61.3. The van der Waals surface area contributed by atoms with E-state index < -0.39 is 51.6 Å². The van der Waals surface area contributed by atoms with Crippen LogP contribution < -0.4 is 4.74 Å². The van der Waals surface area contributed by atoms with Gasteiger partial charge >= 0.3 is 12.3 Å². The molecule has 10 heteroatoms. The summed E-state index contributed by atoms with van der Waals surface area (Å²) in [5, 5.41) is 3.94. The van der Waals surface area contributed by atoms with E-state index in [0.717, 1.165) is 21.4 Å². The summed E-state index contributed by atoms with van der Waals surface area (Å²) in [6, 6.07) is 20.1. The van der Waals surface area contributed by atoms with Crippen molar-refractivity contribution in [3.63, 3.8) is 0 Å². The number of carbonyl (C=O) groups excluding carboxylic acids is 1. The van der Waals surface area contributed by atoms with Gasteiger partial charge in [-0.05, 0) is 72.7 Å². The van der Waals surface area contributed by atoms with Gasteiger partial charge in [0, 0.05) is 26.8 Å². The quantitative estimate of drug-likeness (QED) is 0.275. The fourth-order valence-corrected chi connectivity index (χ4v) is 7.66. The summed E-state index contributed by atoms with van der Waals surface area (Å²) in [4.78, 5) is 13.9. The highest BCUT2D eigenvalue weighted by molar-refractivity contribution is 8.31. The van der Waals surface area contributed by atoms with Gasteiger partial charge in [-0.25, -0.2) is 4.79 Å². The van der Waals surface area contributed by atoms with Crippen molar-refractivity contribution in [1.29, 1.82) is 0 Å². The number of ether oxygens (including phenoxy) is 2. The van der Waals surface area contributed by atoms with E-state index >= 15 is 0 Å². The van der Waals surface area contributed by atoms with Crippen molar-refractivity contribution in [2.75, 3.05) is 13.2 Å². The summed E-state index contributed by atoms with van der Waals surface area (Å²) in [6.45, 7) is 10.7. The van der Waals surface area contributed by atoms with Crippen LogP contribution >= 0.6 is 10.3 Å². The van der Waals surface area contributed by atoms with E-state index in [9.17, 15) is 18.0 Å². The molecule has 1 aromatic heterocycles. The topological polar surface area (TPSA) is 62.6 Å². The van der Waals surface area contributed by atoms with Crippen LogP contribution in [0.5, 0.6) is 5.88 Å². The van der Waals surface area contributed by atoms with Gasteiger partial charge < -0.3 is 13.7 Å². The van der Waals surface area contributed by atoms with E-state index in [0.29, 0.717) is 0 Å². The molecule has 3 aromatic rings. The molecule has 0 saturated heterocycles. The van der Waals surface area contributed by atoms with Crippen LogP contribution in [0.15, 0.2) is 82.7 Å². The highest BCUT2D eigenvalue weighted by Crippen LogP contribution is 2.71. The number of carbonyl (C=O) groups is 1. The molecule has 3 rings (SSSR count). The molecule has 0 spiro atoms. The minimum absolute atomic E-state index is 0.128. The molecule has 0 radical (unpaired) electrons. The molecule has 1 atom stereocenters. The molecule has 1 heterocycles. The van der Waals surface area contributed by atoms with E-state index in [1.165, 1.54) is 12.3 Å². The predicted octanol–water partition coefficient (Wildman–Crippen LogP) is 8.27. The third-order valence-electron chi connectivity index (χ3n) is 5.94. The van der Waals surface area contributed by atoms with Crippen LogP contribution in [-0.2, 0) is 8.92 Å². The predicted molar refractivity (Wildman–Crippen MR) is 146 cm³/mol. The average molecular weight is 567 g/mol. The summed E-state index contributed by atoms with van der Waals surface area (Å²) in [5.41, 5.74) is -3.13. The van der Waals surface area contributed by atoms with Gasteiger partial charge in [-0.15, -0.1) is 5.10 Å². The zero-order chi connectivity index (χ0) is 29.1. The molecule has 0 aliphatic carbocycles. The Labute approximate surface area is 230 Å². The molecule has 0 fully saturated rings. The van der Waals surface area contributed by atoms with Crippen molar-refractivity contribution in [3.8, 4) is 5.88 Å². The van der Waals surface area contributed by atoms with Crippen LogP contribution in [-0.4, -0.2) is 45.6 Å². The molecular formula is C29H37F3N2O4S. The second-order valence-corrected chi connectivity index (χ2v) is 15.0. The first-order valence-corrected chi connectivity index (χ1v) is 14.1. The van der Waals surface area contributed by atoms with E-state index in [1.54, 1.807) is 20.8 Å². The molecule has 0 bridgehead atoms. The minimum atomic E-state index is -4.66. The van der Waals surface area contributed by atoms with Crippen LogP contribution in [0.4, 0.5) is 18.0 Å². The van der Waals surface area contributed by atoms with Gasteiger partial charge in [0.25, 0.3) is 0 Å². The molecule has 0 saturated carbocycles. The summed E-state index contributed by atoms with van der Waals surface area (Å²) in [7, 11) is -2.41. The first kappa shape index (κ1) is 30.6. The van der Waals surface area contributed by atoms with E-state index in [4.69, 9.17) is 13.7 Å². The second kappa shape index (κ2) is 11.3. The number of rotatable bonds is 8. The van der Waals surface area contributed by atoms with Gasteiger partial charge in [-0.3, -0.25) is 0 Å². The Morgan fingerprint density at radius 2 is 1.33 bits per heavy atom. The SMILES string of the molecule is CC(C)(C)OC(=O)n1ccc(OCC(C)(COS(c2ccccc2)(c2ccccc2)C(C)(C)C)C(F)(F)F)n1. The molecule has 6 nitrogen and oxygen atoms in total. The van der Waals surface area contributed by atoms with Crippen molar-refractivity contribution in [3.05, 3.63) is 72.9 Å². The lowest BCUT2D eigenvalue weighted by Crippen LogP contribution is -2.45. The zero-order valence-corrected chi connectivity index (χ0v) is 24.2. The lowest BCUT2D eigenvalue weighted by atomic mass is 9.92. The Balaban J connectivity index is 1.92. The third kappa shape index (κ3) is 6.97. The van der Waals surface area contributed by atoms with E-state index in [-0.39, 0.29) is 5.88 Å². The highest BCUT2D eigenvalue weighted by atomic mass is 32.3. The number of alkyl halides is 3. The molecule has 0 aliphatic heterocycles. The molecule has 214 valence electrons. The number of aromatic nitrogens is 2. The smallest absolute Gasteiger partial charge is 0.435 e. The Kier molecular flexibility index (Phi) is 8.82. The molecule has 2 aromatic carbocycles. The van der Waals surface area contributed by atoms with Crippen LogP contribution in [0, 0.1) is 5.41 Å². The Hall–Kier alpha value is -2.98. The molecule has 0 aliphatic rings. The van der Waals surface area contributed by atoms with Gasteiger partial charge in [0.05, 0.1) is 6.61 Å². The van der Waals surface area contributed by atoms with Gasteiger partial charge in [-0.2, -0.15) is 17.9 Å². The number of benzene rings is 2. The maximum absolute atomic E-state index is 14.6. The fourth-order valence-electron chi connectivity index (χ4n) is 3.83. The van der Waals surface area contributed by atoms with Crippen molar-refractivity contribution < 1.29 is 31.6 Å². The van der Waals surface area contributed by atoms with E-state index in [2.05, 4.69) is 5.10 Å². The first-order chi connectivity index (χ1) is 18.0. The Bertz CT molecular complexity index is 1200. The normalized spacial score (nSPS) is 14.9. The van der Waals surface area contributed by atoms with Crippen LogP contribution in [0.1, 0.15) is 48.5 Å². The fraction of sp³-hybridized carbons (Fsp3) is 0.448. The Morgan fingerprint density at radius 1 is 0.821 bits per heavy atom.